The number of aliphatic hydroxyl groups is 5. The Labute approximate surface area is 104 Å². The van der Waals surface area contributed by atoms with E-state index in [2.05, 4.69) is 0 Å². The van der Waals surface area contributed by atoms with Crippen molar-refractivity contribution in [3.8, 4) is 0 Å². The molecular formula is C8H12F3NO7. The fourth-order valence-electron chi connectivity index (χ4n) is 0.934. The fraction of sp³-hybridized carbons (Fsp3) is 0.750. The number of alkyl halides is 3. The van der Waals surface area contributed by atoms with E-state index in [1.54, 1.807) is 0 Å². The summed E-state index contributed by atoms with van der Waals surface area (Å²) in [5, 5.41) is 45.4. The number of nitrogens with one attached hydrogen (secondary N) is 1. The number of hydrogen-bond acceptors (Lipinski definition) is 7. The van der Waals surface area contributed by atoms with Crippen LogP contribution in [0.15, 0.2) is 0 Å². The molecule has 0 rings (SSSR count). The van der Waals surface area contributed by atoms with E-state index in [0.717, 1.165) is 5.32 Å². The van der Waals surface area contributed by atoms with E-state index in [4.69, 9.17) is 25.5 Å². The van der Waals surface area contributed by atoms with Gasteiger partial charge in [0.05, 0.1) is 6.61 Å². The predicted octanol–water partition coefficient (Wildman–Crippen LogP) is -3.37. The van der Waals surface area contributed by atoms with Gasteiger partial charge >= 0.3 is 12.1 Å². The van der Waals surface area contributed by atoms with Gasteiger partial charge in [0, 0.05) is 0 Å². The van der Waals surface area contributed by atoms with Gasteiger partial charge in [-0.05, 0) is 0 Å². The molecule has 0 saturated carbocycles. The lowest BCUT2D eigenvalue weighted by atomic mass is 10.0. The molecule has 0 saturated heterocycles. The third-order valence-corrected chi connectivity index (χ3v) is 2.02. The zero-order chi connectivity index (χ0) is 15.4. The van der Waals surface area contributed by atoms with Crippen LogP contribution in [-0.2, 0) is 9.59 Å². The maximum Gasteiger partial charge on any atom is 0.471 e. The summed E-state index contributed by atoms with van der Waals surface area (Å²) in [7, 11) is 0. The number of hydrogen-bond donors (Lipinski definition) is 6. The molecule has 19 heavy (non-hydrogen) atoms. The molecule has 0 aliphatic rings. The summed E-state index contributed by atoms with van der Waals surface area (Å²) >= 11 is 0. The van der Waals surface area contributed by atoms with Crippen LogP contribution in [-0.4, -0.2) is 74.5 Å². The summed E-state index contributed by atoms with van der Waals surface area (Å²) < 4.78 is 35.4. The standard InChI is InChI=1S/C8H12F3NO7/c9-8(10,11)7(19)12-6(18)5(17)4(16)3(15)2(14)1-13/h2-5,13-17H,1H2,(H,12,18,19)/t2-,3+,4+,5-/m1/s1. The Bertz CT molecular complexity index is 335. The lowest BCUT2D eigenvalue weighted by Gasteiger charge is -2.24. The second-order valence-electron chi connectivity index (χ2n) is 3.49. The molecule has 0 fully saturated rings. The van der Waals surface area contributed by atoms with Crippen molar-refractivity contribution in [1.82, 2.24) is 5.32 Å². The summed E-state index contributed by atoms with van der Waals surface area (Å²) in [6.45, 7) is -1.03. The summed E-state index contributed by atoms with van der Waals surface area (Å²) in [5.74, 6) is -4.58. The number of halogens is 3. The van der Waals surface area contributed by atoms with Crippen molar-refractivity contribution in [2.45, 2.75) is 30.6 Å². The molecular weight excluding hydrogens is 279 g/mol. The highest BCUT2D eigenvalue weighted by Crippen LogP contribution is 2.14. The van der Waals surface area contributed by atoms with E-state index in [1.807, 2.05) is 0 Å². The van der Waals surface area contributed by atoms with Crippen molar-refractivity contribution < 1.29 is 48.3 Å². The Morgan fingerprint density at radius 1 is 1.05 bits per heavy atom. The predicted molar refractivity (Wildman–Crippen MR) is 50.3 cm³/mol. The van der Waals surface area contributed by atoms with Gasteiger partial charge in [0.25, 0.3) is 5.91 Å². The van der Waals surface area contributed by atoms with Crippen LogP contribution in [0.3, 0.4) is 0 Å². The highest BCUT2D eigenvalue weighted by Gasteiger charge is 2.42. The lowest BCUT2D eigenvalue weighted by molar-refractivity contribution is -0.177. The first-order valence-corrected chi connectivity index (χ1v) is 4.77. The van der Waals surface area contributed by atoms with E-state index < -0.39 is 49.0 Å². The molecule has 0 radical (unpaired) electrons. The van der Waals surface area contributed by atoms with Gasteiger partial charge in [-0.3, -0.25) is 14.9 Å². The van der Waals surface area contributed by atoms with Crippen molar-refractivity contribution >= 4 is 11.8 Å². The zero-order valence-electron chi connectivity index (χ0n) is 9.20. The number of carbonyl (C=O) groups is 2. The van der Waals surface area contributed by atoms with Gasteiger partial charge in [0.2, 0.25) is 0 Å². The first kappa shape index (κ1) is 17.7. The molecule has 4 atom stereocenters. The number of aliphatic hydroxyl groups excluding tert-OH is 5. The smallest absolute Gasteiger partial charge is 0.394 e. The minimum absolute atomic E-state index is 0.744. The molecule has 0 aromatic rings. The Morgan fingerprint density at radius 3 is 1.89 bits per heavy atom. The number of carbonyl (C=O) groups excluding carboxylic acids is 2. The summed E-state index contributed by atoms with van der Waals surface area (Å²) in [4.78, 5) is 21.3. The van der Waals surface area contributed by atoms with Crippen molar-refractivity contribution in [3.63, 3.8) is 0 Å². The SMILES string of the molecule is O=C(NC(=O)C(F)(F)F)[C@H](O)[C@@H](O)[C@@H](O)[C@H](O)CO. The Morgan fingerprint density at radius 2 is 1.53 bits per heavy atom. The van der Waals surface area contributed by atoms with Gasteiger partial charge in [-0.2, -0.15) is 13.2 Å². The number of imide groups is 1. The van der Waals surface area contributed by atoms with Crippen molar-refractivity contribution in [1.29, 1.82) is 0 Å². The van der Waals surface area contributed by atoms with Gasteiger partial charge < -0.3 is 25.5 Å². The second kappa shape index (κ2) is 6.77. The average molecular weight is 291 g/mol. The molecule has 0 bridgehead atoms. The highest BCUT2D eigenvalue weighted by molar-refractivity contribution is 5.99. The first-order valence-electron chi connectivity index (χ1n) is 4.77. The highest BCUT2D eigenvalue weighted by atomic mass is 19.4. The van der Waals surface area contributed by atoms with Crippen LogP contribution in [0, 0.1) is 0 Å². The van der Waals surface area contributed by atoms with Gasteiger partial charge in [-0.25, -0.2) is 0 Å². The maximum atomic E-state index is 11.8. The molecule has 0 aromatic heterocycles. The molecule has 0 aliphatic heterocycles. The van der Waals surface area contributed by atoms with Crippen LogP contribution >= 0.6 is 0 Å². The van der Waals surface area contributed by atoms with Gasteiger partial charge in [0.15, 0.2) is 6.10 Å². The molecule has 0 aromatic carbocycles. The molecule has 8 nitrogen and oxygen atoms in total. The van der Waals surface area contributed by atoms with E-state index in [1.165, 1.54) is 0 Å². The largest absolute Gasteiger partial charge is 0.471 e. The lowest BCUT2D eigenvalue weighted by Crippen LogP contribution is -2.54. The minimum Gasteiger partial charge on any atom is -0.394 e. The Kier molecular flexibility index (Phi) is 6.32. The average Bonchev–Trinajstić information content (AvgIpc) is 2.33. The number of rotatable bonds is 5. The molecule has 2 amide bonds. The van der Waals surface area contributed by atoms with E-state index in [9.17, 15) is 22.8 Å². The minimum atomic E-state index is -5.37. The molecule has 112 valence electrons. The van der Waals surface area contributed by atoms with Crippen molar-refractivity contribution in [2.75, 3.05) is 6.61 Å². The Balaban J connectivity index is 4.61. The van der Waals surface area contributed by atoms with E-state index in [-0.39, 0.29) is 0 Å². The van der Waals surface area contributed by atoms with Crippen LogP contribution < -0.4 is 5.32 Å². The normalized spacial score (nSPS) is 18.3. The van der Waals surface area contributed by atoms with E-state index >= 15 is 0 Å². The van der Waals surface area contributed by atoms with Crippen molar-refractivity contribution in [3.05, 3.63) is 0 Å². The third kappa shape index (κ3) is 5.08. The quantitative estimate of drug-likeness (QED) is 0.310. The van der Waals surface area contributed by atoms with Crippen LogP contribution in [0.5, 0.6) is 0 Å². The number of amides is 2. The molecule has 0 aliphatic carbocycles. The molecule has 0 unspecified atom stereocenters. The van der Waals surface area contributed by atoms with Crippen molar-refractivity contribution in [2.24, 2.45) is 0 Å². The van der Waals surface area contributed by atoms with Crippen LogP contribution in [0.25, 0.3) is 0 Å². The molecule has 0 spiro atoms. The van der Waals surface area contributed by atoms with Gasteiger partial charge in [-0.15, -0.1) is 0 Å². The first-order chi connectivity index (χ1) is 8.52. The summed E-state index contributed by atoms with van der Waals surface area (Å²) in [5.41, 5.74) is 0. The van der Waals surface area contributed by atoms with Crippen LogP contribution in [0.4, 0.5) is 13.2 Å². The maximum absolute atomic E-state index is 11.8. The fourth-order valence-corrected chi connectivity index (χ4v) is 0.934. The summed E-state index contributed by atoms with van der Waals surface area (Å²) in [6.07, 6.45) is -14.5. The zero-order valence-corrected chi connectivity index (χ0v) is 9.20. The van der Waals surface area contributed by atoms with Gasteiger partial charge in [-0.1, -0.05) is 0 Å². The molecule has 0 heterocycles. The molecule has 11 heteroatoms. The Hall–Kier alpha value is -1.27. The topological polar surface area (TPSA) is 147 Å². The van der Waals surface area contributed by atoms with Crippen LogP contribution in [0.2, 0.25) is 0 Å². The second-order valence-corrected chi connectivity index (χ2v) is 3.49. The van der Waals surface area contributed by atoms with Crippen LogP contribution in [0.1, 0.15) is 0 Å². The summed E-state index contributed by atoms with van der Waals surface area (Å²) in [6, 6.07) is 0. The third-order valence-electron chi connectivity index (χ3n) is 2.02. The van der Waals surface area contributed by atoms with E-state index in [0.29, 0.717) is 0 Å². The van der Waals surface area contributed by atoms with Gasteiger partial charge in [0.1, 0.15) is 18.3 Å². The monoisotopic (exact) mass is 291 g/mol. The molecule has 6 N–H and O–H groups in total.